The number of para-hydroxylation sites is 2. The van der Waals surface area contributed by atoms with Crippen molar-refractivity contribution in [3.8, 4) is 28.7 Å². The molecular formula is C28H27NO4. The summed E-state index contributed by atoms with van der Waals surface area (Å²) < 4.78 is 6.26. The van der Waals surface area contributed by atoms with Crippen LogP contribution in [0.4, 0.5) is 17.1 Å². The van der Waals surface area contributed by atoms with Crippen LogP contribution in [-0.4, -0.2) is 15.3 Å². The van der Waals surface area contributed by atoms with Gasteiger partial charge in [-0.25, -0.2) is 0 Å². The second-order valence-electron chi connectivity index (χ2n) is 8.27. The zero-order valence-corrected chi connectivity index (χ0v) is 19.1. The first kappa shape index (κ1) is 22.1. The van der Waals surface area contributed by atoms with E-state index in [1.807, 2.05) is 82.3 Å². The summed E-state index contributed by atoms with van der Waals surface area (Å²) in [6.07, 6.45) is 0. The number of anilines is 3. The fourth-order valence-electron chi connectivity index (χ4n) is 3.75. The summed E-state index contributed by atoms with van der Waals surface area (Å²) in [7, 11) is 0. The fourth-order valence-corrected chi connectivity index (χ4v) is 3.75. The lowest BCUT2D eigenvalue weighted by molar-refractivity contribution is 0.406. The van der Waals surface area contributed by atoms with Crippen LogP contribution >= 0.6 is 0 Å². The number of aryl methyl sites for hydroxylation is 4. The van der Waals surface area contributed by atoms with Crippen LogP contribution in [0.2, 0.25) is 0 Å². The minimum atomic E-state index is 0.0610. The molecule has 0 amide bonds. The maximum absolute atomic E-state index is 10.8. The van der Waals surface area contributed by atoms with Gasteiger partial charge >= 0.3 is 0 Å². The average Bonchev–Trinajstić information content (AvgIpc) is 2.79. The third-order valence-electron chi connectivity index (χ3n) is 5.59. The molecule has 5 nitrogen and oxygen atoms in total. The molecule has 168 valence electrons. The molecule has 5 heteroatoms. The molecule has 0 aliphatic carbocycles. The smallest absolute Gasteiger partial charge is 0.172 e. The molecule has 4 aromatic carbocycles. The second-order valence-corrected chi connectivity index (χ2v) is 8.27. The SMILES string of the molecule is Cc1ccc(O)c(N(c2cc(C)ccc2O)c2ccccc2Oc2c(C)ccc(C)c2O)c1. The molecule has 3 N–H and O–H groups in total. The third-order valence-corrected chi connectivity index (χ3v) is 5.59. The van der Waals surface area contributed by atoms with E-state index in [0.717, 1.165) is 16.7 Å². The number of phenolic OH excluding ortho intramolecular Hbond substituents is 3. The average molecular weight is 442 g/mol. The Morgan fingerprint density at radius 1 is 0.606 bits per heavy atom. The highest BCUT2D eigenvalue weighted by atomic mass is 16.5. The van der Waals surface area contributed by atoms with E-state index in [2.05, 4.69) is 0 Å². The van der Waals surface area contributed by atoms with E-state index in [0.29, 0.717) is 34.1 Å². The van der Waals surface area contributed by atoms with E-state index in [1.54, 1.807) is 23.1 Å². The Morgan fingerprint density at radius 2 is 1.15 bits per heavy atom. The molecule has 0 radical (unpaired) electrons. The Kier molecular flexibility index (Phi) is 5.88. The van der Waals surface area contributed by atoms with E-state index >= 15 is 0 Å². The van der Waals surface area contributed by atoms with Crippen molar-refractivity contribution < 1.29 is 20.1 Å². The topological polar surface area (TPSA) is 73.2 Å². The molecule has 4 rings (SSSR count). The summed E-state index contributed by atoms with van der Waals surface area (Å²) in [4.78, 5) is 1.77. The highest BCUT2D eigenvalue weighted by molar-refractivity contribution is 5.86. The lowest BCUT2D eigenvalue weighted by Crippen LogP contribution is -2.12. The summed E-state index contributed by atoms with van der Waals surface area (Å²) in [6.45, 7) is 7.56. The Hall–Kier alpha value is -4.12. The molecule has 0 saturated carbocycles. The molecule has 0 aromatic heterocycles. The van der Waals surface area contributed by atoms with Crippen LogP contribution < -0.4 is 9.64 Å². The van der Waals surface area contributed by atoms with Crippen molar-refractivity contribution in [1.29, 1.82) is 0 Å². The summed E-state index contributed by atoms with van der Waals surface area (Å²) in [5.74, 6) is 1.03. The first-order valence-electron chi connectivity index (χ1n) is 10.7. The van der Waals surface area contributed by atoms with Crippen molar-refractivity contribution in [2.75, 3.05) is 4.90 Å². The van der Waals surface area contributed by atoms with Crippen LogP contribution in [0.15, 0.2) is 72.8 Å². The predicted molar refractivity (Wildman–Crippen MR) is 132 cm³/mol. The summed E-state index contributed by atoms with van der Waals surface area (Å²) in [5.41, 5.74) is 4.98. The van der Waals surface area contributed by atoms with Crippen molar-refractivity contribution in [2.45, 2.75) is 27.7 Å². The maximum Gasteiger partial charge on any atom is 0.172 e. The van der Waals surface area contributed by atoms with Gasteiger partial charge in [0.05, 0.1) is 17.1 Å². The number of rotatable bonds is 5. The van der Waals surface area contributed by atoms with Gasteiger partial charge in [-0.1, -0.05) is 36.4 Å². The molecular weight excluding hydrogens is 414 g/mol. The van der Waals surface area contributed by atoms with Gasteiger partial charge in [-0.3, -0.25) is 4.90 Å². The first-order chi connectivity index (χ1) is 15.8. The Balaban J connectivity index is 1.96. The number of aromatic hydroxyl groups is 3. The van der Waals surface area contributed by atoms with Crippen molar-refractivity contribution in [1.82, 2.24) is 0 Å². The molecule has 0 heterocycles. The number of nitrogens with zero attached hydrogens (tertiary/aromatic N) is 1. The van der Waals surface area contributed by atoms with Gasteiger partial charge in [0, 0.05) is 0 Å². The van der Waals surface area contributed by atoms with Crippen molar-refractivity contribution >= 4 is 17.1 Å². The predicted octanol–water partition coefficient (Wildman–Crippen LogP) is 7.30. The molecule has 0 atom stereocenters. The molecule has 0 spiro atoms. The van der Waals surface area contributed by atoms with E-state index in [9.17, 15) is 15.3 Å². The van der Waals surface area contributed by atoms with Gasteiger partial charge in [-0.2, -0.15) is 0 Å². The lowest BCUT2D eigenvalue weighted by Gasteiger charge is -2.29. The molecule has 0 fully saturated rings. The fraction of sp³-hybridized carbons (Fsp3) is 0.143. The van der Waals surface area contributed by atoms with Gasteiger partial charge in [0.15, 0.2) is 17.2 Å². The standard InChI is InChI=1S/C28H27NO4/c1-17-9-13-24(30)22(15-17)29(23-16-18(2)10-14-25(23)31)21-7-5-6-8-26(21)33-28-20(4)12-11-19(3)27(28)32/h5-16,30-32H,1-4H3. The monoisotopic (exact) mass is 441 g/mol. The van der Waals surface area contributed by atoms with Crippen LogP contribution in [0.5, 0.6) is 28.7 Å². The lowest BCUT2D eigenvalue weighted by atomic mass is 10.1. The molecule has 4 aromatic rings. The zero-order valence-electron chi connectivity index (χ0n) is 19.1. The largest absolute Gasteiger partial charge is 0.506 e. The van der Waals surface area contributed by atoms with Crippen molar-refractivity contribution in [3.05, 3.63) is 95.1 Å². The normalized spacial score (nSPS) is 10.8. The molecule has 0 bridgehead atoms. The van der Waals surface area contributed by atoms with Crippen LogP contribution in [0.3, 0.4) is 0 Å². The highest BCUT2D eigenvalue weighted by Crippen LogP contribution is 2.48. The zero-order chi connectivity index (χ0) is 23.7. The van der Waals surface area contributed by atoms with Crippen molar-refractivity contribution in [3.63, 3.8) is 0 Å². The van der Waals surface area contributed by atoms with E-state index in [1.165, 1.54) is 0 Å². The third kappa shape index (κ3) is 4.30. The van der Waals surface area contributed by atoms with Gasteiger partial charge in [-0.15, -0.1) is 0 Å². The van der Waals surface area contributed by atoms with E-state index in [-0.39, 0.29) is 17.2 Å². The highest BCUT2D eigenvalue weighted by Gasteiger charge is 2.23. The number of ether oxygens (including phenoxy) is 1. The van der Waals surface area contributed by atoms with E-state index in [4.69, 9.17) is 4.74 Å². The summed E-state index contributed by atoms with van der Waals surface area (Å²) in [6, 6.07) is 21.7. The maximum atomic E-state index is 10.8. The van der Waals surface area contributed by atoms with Crippen LogP contribution in [0.1, 0.15) is 22.3 Å². The van der Waals surface area contributed by atoms with Crippen LogP contribution in [0.25, 0.3) is 0 Å². The minimum Gasteiger partial charge on any atom is -0.506 e. The Labute approximate surface area is 193 Å². The van der Waals surface area contributed by atoms with Gasteiger partial charge < -0.3 is 20.1 Å². The quantitative estimate of drug-likeness (QED) is 0.303. The number of hydrogen-bond donors (Lipinski definition) is 3. The number of phenols is 3. The number of hydrogen-bond acceptors (Lipinski definition) is 5. The minimum absolute atomic E-state index is 0.0610. The summed E-state index contributed by atoms with van der Waals surface area (Å²) >= 11 is 0. The first-order valence-corrected chi connectivity index (χ1v) is 10.7. The van der Waals surface area contributed by atoms with Gasteiger partial charge in [0.2, 0.25) is 0 Å². The van der Waals surface area contributed by atoms with Crippen LogP contribution in [0, 0.1) is 27.7 Å². The Morgan fingerprint density at radius 3 is 1.76 bits per heavy atom. The van der Waals surface area contributed by atoms with E-state index < -0.39 is 0 Å². The van der Waals surface area contributed by atoms with Gasteiger partial charge in [0.1, 0.15) is 11.5 Å². The molecule has 0 aliphatic heterocycles. The summed E-state index contributed by atoms with van der Waals surface area (Å²) in [5, 5.41) is 32.2. The molecule has 0 saturated heterocycles. The Bertz CT molecular complexity index is 1280. The van der Waals surface area contributed by atoms with Crippen molar-refractivity contribution in [2.24, 2.45) is 0 Å². The second kappa shape index (κ2) is 8.79. The number of benzene rings is 4. The van der Waals surface area contributed by atoms with Crippen LogP contribution in [-0.2, 0) is 0 Å². The molecule has 0 aliphatic rings. The molecule has 33 heavy (non-hydrogen) atoms. The van der Waals surface area contributed by atoms with Gasteiger partial charge in [-0.05, 0) is 86.3 Å². The molecule has 0 unspecified atom stereocenters. The van der Waals surface area contributed by atoms with Gasteiger partial charge in [0.25, 0.3) is 0 Å².